The molecule has 4 heteroatoms. The lowest BCUT2D eigenvalue weighted by molar-refractivity contribution is 0.128. The van der Waals surface area contributed by atoms with Crippen molar-refractivity contribution in [1.82, 2.24) is 15.2 Å². The van der Waals surface area contributed by atoms with E-state index in [4.69, 9.17) is 0 Å². The Balaban J connectivity index is 1.47. The average Bonchev–Trinajstić information content (AvgIpc) is 2.94. The summed E-state index contributed by atoms with van der Waals surface area (Å²) in [6.07, 6.45) is 2.44. The summed E-state index contributed by atoms with van der Waals surface area (Å²) < 4.78 is 0. The van der Waals surface area contributed by atoms with Gasteiger partial charge < -0.3 is 5.32 Å². The van der Waals surface area contributed by atoms with Crippen LogP contribution in [0.3, 0.4) is 0 Å². The lowest BCUT2D eigenvalue weighted by atomic mass is 9.97. The van der Waals surface area contributed by atoms with Gasteiger partial charge in [-0.25, -0.2) is 4.98 Å². The van der Waals surface area contributed by atoms with Crippen LogP contribution in [0.25, 0.3) is 0 Å². The number of nitrogens with zero attached hydrogens (tertiary/aromatic N) is 2. The minimum Gasteiger partial charge on any atom is -0.308 e. The maximum absolute atomic E-state index is 4.53. The smallest absolute Gasteiger partial charge is 0.0897 e. The Bertz CT molecular complexity index is 581. The summed E-state index contributed by atoms with van der Waals surface area (Å²) in [7, 11) is 0. The van der Waals surface area contributed by atoms with Crippen molar-refractivity contribution in [2.75, 3.05) is 6.54 Å². The number of rotatable bonds is 5. The van der Waals surface area contributed by atoms with E-state index >= 15 is 0 Å². The number of hydrogen-bond donors (Lipinski definition) is 1. The van der Waals surface area contributed by atoms with Crippen LogP contribution in [0.4, 0.5) is 0 Å². The summed E-state index contributed by atoms with van der Waals surface area (Å²) in [5.74, 6) is 0. The van der Waals surface area contributed by atoms with Gasteiger partial charge in [-0.3, -0.25) is 4.90 Å². The standard InChI is InChI=1S/C18H25N3S/c1-14-10-17(19-11-18-13-22-15(2)20-18)8-9-21(14)12-16-6-4-3-5-7-16/h3-7,13-14,17,19H,8-12H2,1-2H3/t14-,17-/m1/s1. The van der Waals surface area contributed by atoms with E-state index in [1.54, 1.807) is 11.3 Å². The molecule has 0 amide bonds. The lowest BCUT2D eigenvalue weighted by Gasteiger charge is -2.38. The topological polar surface area (TPSA) is 28.2 Å². The van der Waals surface area contributed by atoms with Crippen molar-refractivity contribution in [3.05, 3.63) is 52.0 Å². The lowest BCUT2D eigenvalue weighted by Crippen LogP contribution is -2.46. The van der Waals surface area contributed by atoms with Gasteiger partial charge in [-0.2, -0.15) is 0 Å². The molecule has 0 spiro atoms. The molecule has 0 bridgehead atoms. The quantitative estimate of drug-likeness (QED) is 0.914. The summed E-state index contributed by atoms with van der Waals surface area (Å²) in [4.78, 5) is 7.13. The first-order valence-corrected chi connectivity index (χ1v) is 9.01. The maximum Gasteiger partial charge on any atom is 0.0897 e. The van der Waals surface area contributed by atoms with Crippen LogP contribution in [0.2, 0.25) is 0 Å². The van der Waals surface area contributed by atoms with Gasteiger partial charge in [0.1, 0.15) is 0 Å². The Labute approximate surface area is 137 Å². The third kappa shape index (κ3) is 4.15. The van der Waals surface area contributed by atoms with E-state index in [0.29, 0.717) is 12.1 Å². The van der Waals surface area contributed by atoms with Crippen molar-refractivity contribution in [2.24, 2.45) is 0 Å². The first kappa shape index (κ1) is 15.7. The Morgan fingerprint density at radius 2 is 2.14 bits per heavy atom. The first-order valence-electron chi connectivity index (χ1n) is 8.13. The highest BCUT2D eigenvalue weighted by molar-refractivity contribution is 7.09. The number of likely N-dealkylation sites (tertiary alicyclic amines) is 1. The molecule has 1 aromatic carbocycles. The van der Waals surface area contributed by atoms with E-state index in [9.17, 15) is 0 Å². The summed E-state index contributed by atoms with van der Waals surface area (Å²) in [5, 5.41) is 7.00. The van der Waals surface area contributed by atoms with Crippen LogP contribution in [0.1, 0.15) is 36.0 Å². The molecule has 0 radical (unpaired) electrons. The van der Waals surface area contributed by atoms with Crippen LogP contribution in [0.15, 0.2) is 35.7 Å². The molecule has 3 rings (SSSR count). The Morgan fingerprint density at radius 3 is 2.82 bits per heavy atom. The third-order valence-corrected chi connectivity index (χ3v) is 5.30. The summed E-state index contributed by atoms with van der Waals surface area (Å²) >= 11 is 1.73. The molecule has 1 N–H and O–H groups in total. The molecule has 22 heavy (non-hydrogen) atoms. The van der Waals surface area contributed by atoms with Crippen molar-refractivity contribution >= 4 is 11.3 Å². The average molecular weight is 315 g/mol. The van der Waals surface area contributed by atoms with Gasteiger partial charge in [0.25, 0.3) is 0 Å². The largest absolute Gasteiger partial charge is 0.308 e. The van der Waals surface area contributed by atoms with E-state index in [0.717, 1.165) is 18.1 Å². The Hall–Kier alpha value is -1.23. The minimum atomic E-state index is 0.615. The molecule has 1 aliphatic rings. The molecule has 1 fully saturated rings. The molecule has 118 valence electrons. The molecule has 1 aromatic heterocycles. The first-order chi connectivity index (χ1) is 10.7. The fourth-order valence-electron chi connectivity index (χ4n) is 3.20. The van der Waals surface area contributed by atoms with Gasteiger partial charge in [-0.15, -0.1) is 11.3 Å². The molecule has 0 aliphatic carbocycles. The highest BCUT2D eigenvalue weighted by Gasteiger charge is 2.25. The molecule has 0 saturated carbocycles. The molecule has 1 saturated heterocycles. The van der Waals surface area contributed by atoms with Crippen LogP contribution < -0.4 is 5.32 Å². The predicted molar refractivity (Wildman–Crippen MR) is 93.0 cm³/mol. The van der Waals surface area contributed by atoms with Crippen molar-refractivity contribution in [2.45, 2.75) is 51.9 Å². The third-order valence-electron chi connectivity index (χ3n) is 4.48. The predicted octanol–water partition coefficient (Wildman–Crippen LogP) is 3.59. The van der Waals surface area contributed by atoms with Gasteiger partial charge in [0, 0.05) is 37.1 Å². The zero-order valence-corrected chi connectivity index (χ0v) is 14.3. The van der Waals surface area contributed by atoms with Crippen LogP contribution in [-0.2, 0) is 13.1 Å². The van der Waals surface area contributed by atoms with Gasteiger partial charge in [0.05, 0.1) is 10.7 Å². The highest BCUT2D eigenvalue weighted by atomic mass is 32.1. The number of benzene rings is 1. The molecule has 2 heterocycles. The number of nitrogens with one attached hydrogen (secondary N) is 1. The van der Waals surface area contributed by atoms with Gasteiger partial charge in [0.15, 0.2) is 0 Å². The molecule has 2 aromatic rings. The fraction of sp³-hybridized carbons (Fsp3) is 0.500. The van der Waals surface area contributed by atoms with Crippen LogP contribution >= 0.6 is 11.3 Å². The second kappa shape index (κ2) is 7.36. The Morgan fingerprint density at radius 1 is 1.32 bits per heavy atom. The molecule has 0 unspecified atom stereocenters. The van der Waals surface area contributed by atoms with Gasteiger partial charge in [0.2, 0.25) is 0 Å². The van der Waals surface area contributed by atoms with Crippen molar-refractivity contribution < 1.29 is 0 Å². The second-order valence-electron chi connectivity index (χ2n) is 6.27. The number of hydrogen-bond acceptors (Lipinski definition) is 4. The molecular weight excluding hydrogens is 290 g/mol. The monoisotopic (exact) mass is 315 g/mol. The van der Waals surface area contributed by atoms with Crippen LogP contribution in [-0.4, -0.2) is 28.5 Å². The summed E-state index contributed by atoms with van der Waals surface area (Å²) in [5.41, 5.74) is 2.60. The summed E-state index contributed by atoms with van der Waals surface area (Å²) in [6.45, 7) is 7.56. The van der Waals surface area contributed by atoms with Crippen molar-refractivity contribution in [3.8, 4) is 0 Å². The van der Waals surface area contributed by atoms with E-state index in [2.05, 4.69) is 64.8 Å². The zero-order chi connectivity index (χ0) is 15.4. The van der Waals surface area contributed by atoms with Crippen LogP contribution in [0.5, 0.6) is 0 Å². The minimum absolute atomic E-state index is 0.615. The van der Waals surface area contributed by atoms with Crippen molar-refractivity contribution in [1.29, 1.82) is 0 Å². The normalized spacial score (nSPS) is 22.8. The van der Waals surface area contributed by atoms with Crippen LogP contribution in [0, 0.1) is 6.92 Å². The number of aryl methyl sites for hydroxylation is 1. The van der Waals surface area contributed by atoms with E-state index in [1.807, 2.05) is 0 Å². The Kier molecular flexibility index (Phi) is 5.24. The summed E-state index contributed by atoms with van der Waals surface area (Å²) in [6, 6.07) is 12.0. The number of aromatic nitrogens is 1. The number of piperidine rings is 1. The van der Waals surface area contributed by atoms with E-state index in [1.165, 1.54) is 30.6 Å². The molecule has 2 atom stereocenters. The van der Waals surface area contributed by atoms with Crippen molar-refractivity contribution in [3.63, 3.8) is 0 Å². The number of thiazole rings is 1. The van der Waals surface area contributed by atoms with Gasteiger partial charge in [-0.05, 0) is 32.3 Å². The molecular formula is C18H25N3S. The second-order valence-corrected chi connectivity index (χ2v) is 7.33. The SMILES string of the molecule is Cc1nc(CN[C@@H]2CCN(Cc3ccccc3)[C@H](C)C2)cs1. The van der Waals surface area contributed by atoms with Gasteiger partial charge >= 0.3 is 0 Å². The maximum atomic E-state index is 4.53. The van der Waals surface area contributed by atoms with Gasteiger partial charge in [-0.1, -0.05) is 30.3 Å². The molecule has 3 nitrogen and oxygen atoms in total. The molecule has 1 aliphatic heterocycles. The zero-order valence-electron chi connectivity index (χ0n) is 13.5. The van der Waals surface area contributed by atoms with E-state index in [-0.39, 0.29) is 0 Å². The highest BCUT2D eigenvalue weighted by Crippen LogP contribution is 2.20. The van der Waals surface area contributed by atoms with E-state index < -0.39 is 0 Å². The fourth-order valence-corrected chi connectivity index (χ4v) is 3.81.